The summed E-state index contributed by atoms with van der Waals surface area (Å²) >= 11 is 0. The fourth-order valence-corrected chi connectivity index (χ4v) is 1.40. The van der Waals surface area contributed by atoms with E-state index in [1.807, 2.05) is 6.07 Å². The Morgan fingerprint density at radius 1 is 1.36 bits per heavy atom. The monoisotopic (exact) mass is 145 g/mol. The van der Waals surface area contributed by atoms with Crippen LogP contribution in [0.15, 0.2) is 29.3 Å². The van der Waals surface area contributed by atoms with Crippen molar-refractivity contribution in [2.45, 2.75) is 19.8 Å². The van der Waals surface area contributed by atoms with Crippen LogP contribution in [-0.2, 0) is 6.42 Å². The van der Waals surface area contributed by atoms with E-state index in [-0.39, 0.29) is 0 Å². The first-order chi connectivity index (χ1) is 5.40. The smallest absolute Gasteiger partial charge is 0.0664 e. The zero-order valence-corrected chi connectivity index (χ0v) is 6.67. The van der Waals surface area contributed by atoms with Crippen LogP contribution in [0, 0.1) is 0 Å². The van der Waals surface area contributed by atoms with Gasteiger partial charge in [-0.1, -0.05) is 25.1 Å². The average Bonchev–Trinajstić information content (AvgIpc) is 2.46. The first kappa shape index (κ1) is 6.59. The second-order valence-electron chi connectivity index (χ2n) is 2.84. The molecule has 11 heavy (non-hydrogen) atoms. The Kier molecular flexibility index (Phi) is 1.50. The van der Waals surface area contributed by atoms with Crippen molar-refractivity contribution in [3.8, 4) is 0 Å². The van der Waals surface area contributed by atoms with Gasteiger partial charge in [0.15, 0.2) is 0 Å². The van der Waals surface area contributed by atoms with E-state index in [9.17, 15) is 0 Å². The molecule has 1 aliphatic heterocycles. The van der Waals surface area contributed by atoms with Crippen LogP contribution >= 0.6 is 0 Å². The summed E-state index contributed by atoms with van der Waals surface area (Å²) in [7, 11) is 0. The minimum atomic E-state index is 1.06. The molecule has 0 atom stereocenters. The number of hydrogen-bond donors (Lipinski definition) is 0. The second-order valence-corrected chi connectivity index (χ2v) is 2.84. The molecule has 0 N–H and O–H groups in total. The lowest BCUT2D eigenvalue weighted by Gasteiger charge is -1.92. The molecule has 1 heteroatoms. The Hall–Kier alpha value is -1.11. The molecule has 1 aromatic carbocycles. The lowest BCUT2D eigenvalue weighted by Crippen LogP contribution is -1.93. The molecule has 0 fully saturated rings. The molecule has 0 spiro atoms. The van der Waals surface area contributed by atoms with Crippen molar-refractivity contribution in [2.24, 2.45) is 4.99 Å². The third-order valence-corrected chi connectivity index (χ3v) is 2.07. The van der Waals surface area contributed by atoms with Gasteiger partial charge in [-0.15, -0.1) is 0 Å². The number of benzene rings is 1. The molecule has 1 nitrogen and oxygen atoms in total. The van der Waals surface area contributed by atoms with E-state index in [1.165, 1.54) is 17.0 Å². The Morgan fingerprint density at radius 3 is 2.91 bits per heavy atom. The fraction of sp³-hybridized carbons (Fsp3) is 0.300. The predicted octanol–water partition coefficient (Wildman–Crippen LogP) is 2.73. The molecule has 1 aliphatic rings. The summed E-state index contributed by atoms with van der Waals surface area (Å²) in [5.41, 5.74) is 3.86. The first-order valence-corrected chi connectivity index (χ1v) is 4.04. The number of hydrogen-bond acceptors (Lipinski definition) is 1. The minimum Gasteiger partial charge on any atom is -0.257 e. The highest BCUT2D eigenvalue weighted by molar-refractivity contribution is 5.93. The number of nitrogens with zero attached hydrogens (tertiary/aromatic N) is 1. The predicted molar refractivity (Wildman–Crippen MR) is 47.5 cm³/mol. The summed E-state index contributed by atoms with van der Waals surface area (Å²) in [5, 5.41) is 0. The highest BCUT2D eigenvalue weighted by Gasteiger charge is 2.10. The molecule has 0 aromatic heterocycles. The number of fused-ring (bicyclic) bond motifs is 1. The van der Waals surface area contributed by atoms with Crippen molar-refractivity contribution in [2.75, 3.05) is 0 Å². The quantitative estimate of drug-likeness (QED) is 0.576. The SMILES string of the molecule is CCC1=Nc2ccccc2C1. The summed E-state index contributed by atoms with van der Waals surface area (Å²) in [5.74, 6) is 0. The second kappa shape index (κ2) is 2.50. The first-order valence-electron chi connectivity index (χ1n) is 4.04. The number of aliphatic imine (C=N–C) groups is 1. The molecule has 0 amide bonds. The van der Waals surface area contributed by atoms with Gasteiger partial charge in [-0.05, 0) is 18.1 Å². The van der Waals surface area contributed by atoms with Crippen LogP contribution in [0.25, 0.3) is 0 Å². The van der Waals surface area contributed by atoms with Crippen molar-refractivity contribution in [3.63, 3.8) is 0 Å². The van der Waals surface area contributed by atoms with Crippen molar-refractivity contribution >= 4 is 11.4 Å². The molecule has 0 bridgehead atoms. The fourth-order valence-electron chi connectivity index (χ4n) is 1.40. The van der Waals surface area contributed by atoms with Crippen LogP contribution in [0.5, 0.6) is 0 Å². The highest BCUT2D eigenvalue weighted by Crippen LogP contribution is 2.26. The third kappa shape index (κ3) is 1.07. The van der Waals surface area contributed by atoms with E-state index < -0.39 is 0 Å². The molecule has 2 rings (SSSR count). The summed E-state index contributed by atoms with van der Waals surface area (Å²) < 4.78 is 0. The Morgan fingerprint density at radius 2 is 2.18 bits per heavy atom. The maximum atomic E-state index is 4.49. The van der Waals surface area contributed by atoms with Crippen molar-refractivity contribution in [1.29, 1.82) is 0 Å². The van der Waals surface area contributed by atoms with Gasteiger partial charge in [0.25, 0.3) is 0 Å². The summed E-state index contributed by atoms with van der Waals surface area (Å²) in [6.45, 7) is 2.16. The van der Waals surface area contributed by atoms with Crippen LogP contribution in [0.1, 0.15) is 18.9 Å². The van der Waals surface area contributed by atoms with Gasteiger partial charge in [-0.2, -0.15) is 0 Å². The third-order valence-electron chi connectivity index (χ3n) is 2.07. The molecule has 0 radical (unpaired) electrons. The minimum absolute atomic E-state index is 1.06. The van der Waals surface area contributed by atoms with Gasteiger partial charge >= 0.3 is 0 Å². The zero-order valence-electron chi connectivity index (χ0n) is 6.67. The van der Waals surface area contributed by atoms with Gasteiger partial charge in [0.2, 0.25) is 0 Å². The number of rotatable bonds is 1. The van der Waals surface area contributed by atoms with Crippen LogP contribution in [0.3, 0.4) is 0 Å². The van der Waals surface area contributed by atoms with Crippen LogP contribution in [0.4, 0.5) is 5.69 Å². The van der Waals surface area contributed by atoms with Crippen molar-refractivity contribution in [3.05, 3.63) is 29.8 Å². The van der Waals surface area contributed by atoms with Gasteiger partial charge in [-0.3, -0.25) is 4.99 Å². The maximum Gasteiger partial charge on any atom is 0.0664 e. The lowest BCUT2D eigenvalue weighted by molar-refractivity contribution is 1.22. The van der Waals surface area contributed by atoms with Crippen molar-refractivity contribution in [1.82, 2.24) is 0 Å². The molecular weight excluding hydrogens is 134 g/mol. The average molecular weight is 145 g/mol. The molecule has 56 valence electrons. The Labute approximate surface area is 66.8 Å². The lowest BCUT2D eigenvalue weighted by atomic mass is 10.1. The zero-order chi connectivity index (χ0) is 7.68. The molecule has 1 aromatic rings. The molecule has 0 saturated heterocycles. The molecule has 0 unspecified atom stereocenters. The van der Waals surface area contributed by atoms with E-state index in [0.717, 1.165) is 12.8 Å². The van der Waals surface area contributed by atoms with E-state index >= 15 is 0 Å². The van der Waals surface area contributed by atoms with Gasteiger partial charge in [-0.25, -0.2) is 0 Å². The van der Waals surface area contributed by atoms with Crippen LogP contribution in [-0.4, -0.2) is 5.71 Å². The maximum absolute atomic E-state index is 4.49. The Balaban J connectivity index is 2.39. The largest absolute Gasteiger partial charge is 0.257 e. The van der Waals surface area contributed by atoms with Gasteiger partial charge in [0.1, 0.15) is 0 Å². The summed E-state index contributed by atoms with van der Waals surface area (Å²) in [6, 6.07) is 8.35. The molecule has 1 heterocycles. The highest BCUT2D eigenvalue weighted by atomic mass is 14.8. The topological polar surface area (TPSA) is 12.4 Å². The summed E-state index contributed by atoms with van der Waals surface area (Å²) in [4.78, 5) is 4.49. The van der Waals surface area contributed by atoms with Crippen molar-refractivity contribution < 1.29 is 0 Å². The molecule has 0 aliphatic carbocycles. The van der Waals surface area contributed by atoms with Crippen LogP contribution < -0.4 is 0 Å². The standard InChI is InChI=1S/C10H11N/c1-2-9-7-8-5-3-4-6-10(8)11-9/h3-6H,2,7H2,1H3. The van der Waals surface area contributed by atoms with Gasteiger partial charge in [0.05, 0.1) is 5.69 Å². The summed E-state index contributed by atoms with van der Waals surface area (Å²) in [6.07, 6.45) is 2.14. The molecular formula is C10H11N. The van der Waals surface area contributed by atoms with E-state index in [0.29, 0.717) is 0 Å². The van der Waals surface area contributed by atoms with E-state index in [1.54, 1.807) is 0 Å². The normalized spacial score (nSPS) is 14.5. The number of para-hydroxylation sites is 1. The van der Waals surface area contributed by atoms with E-state index in [2.05, 4.69) is 30.1 Å². The van der Waals surface area contributed by atoms with Gasteiger partial charge < -0.3 is 0 Å². The Bertz CT molecular complexity index is 299. The van der Waals surface area contributed by atoms with Gasteiger partial charge in [0, 0.05) is 12.1 Å². The van der Waals surface area contributed by atoms with Crippen LogP contribution in [0.2, 0.25) is 0 Å². The molecule has 0 saturated carbocycles. The van der Waals surface area contributed by atoms with E-state index in [4.69, 9.17) is 0 Å².